The second-order valence-electron chi connectivity index (χ2n) is 2.02. The molecule has 0 amide bonds. The lowest BCUT2D eigenvalue weighted by molar-refractivity contribution is 0.414. The van der Waals surface area contributed by atoms with Crippen molar-refractivity contribution in [3.8, 4) is 5.75 Å². The molecule has 0 spiro atoms. The van der Waals surface area contributed by atoms with Gasteiger partial charge in [0.1, 0.15) is 17.3 Å². The van der Waals surface area contributed by atoms with Crippen molar-refractivity contribution in [2.45, 2.75) is 0 Å². The lowest BCUT2D eigenvalue weighted by Crippen LogP contribution is -1.83. The Hall–Kier alpha value is -1.67. The van der Waals surface area contributed by atoms with Gasteiger partial charge in [0.05, 0.1) is 7.11 Å². The van der Waals surface area contributed by atoms with Crippen LogP contribution in [0.5, 0.6) is 5.75 Å². The molecule has 0 aliphatic rings. The number of hydrogen-bond acceptors (Lipinski definition) is 3. The molecule has 12 heavy (non-hydrogen) atoms. The van der Waals surface area contributed by atoms with Gasteiger partial charge in [0.25, 0.3) is 0 Å². The highest BCUT2D eigenvalue weighted by Crippen LogP contribution is 2.22. The summed E-state index contributed by atoms with van der Waals surface area (Å²) in [5.74, 6) is -0.121. The second kappa shape index (κ2) is 3.64. The van der Waals surface area contributed by atoms with Gasteiger partial charge < -0.3 is 4.74 Å². The Balaban J connectivity index is 3.16. The predicted octanol–water partition coefficient (Wildman–Crippen LogP) is 1.80. The van der Waals surface area contributed by atoms with Crippen molar-refractivity contribution in [3.63, 3.8) is 0 Å². The Morgan fingerprint density at radius 2 is 2.33 bits per heavy atom. The van der Waals surface area contributed by atoms with Crippen molar-refractivity contribution < 1.29 is 13.9 Å². The summed E-state index contributed by atoms with van der Waals surface area (Å²) in [4.78, 5) is 13.0. The number of nitrogens with zero attached hydrogens (tertiary/aromatic N) is 1. The minimum absolute atomic E-state index is 0.0654. The molecule has 0 radical (unpaired) electrons. The second-order valence-corrected chi connectivity index (χ2v) is 2.02. The van der Waals surface area contributed by atoms with E-state index in [4.69, 9.17) is 4.74 Å². The van der Waals surface area contributed by atoms with Crippen molar-refractivity contribution in [1.82, 2.24) is 0 Å². The topological polar surface area (TPSA) is 38.7 Å². The summed E-state index contributed by atoms with van der Waals surface area (Å²) in [6.45, 7) is 0. The van der Waals surface area contributed by atoms with Gasteiger partial charge in [-0.1, -0.05) is 0 Å². The minimum Gasteiger partial charge on any atom is -0.497 e. The molecule has 0 bridgehead atoms. The maximum absolute atomic E-state index is 12.8. The molecule has 4 heteroatoms. The van der Waals surface area contributed by atoms with Gasteiger partial charge in [-0.05, 0) is 12.1 Å². The molecule has 0 aromatic heterocycles. The van der Waals surface area contributed by atoms with Crippen LogP contribution in [0, 0.1) is 5.82 Å². The molecule has 1 aromatic rings. The summed E-state index contributed by atoms with van der Waals surface area (Å²) in [6, 6.07) is 3.94. The van der Waals surface area contributed by atoms with E-state index < -0.39 is 5.82 Å². The minimum atomic E-state index is -0.570. The highest BCUT2D eigenvalue weighted by Gasteiger charge is 2.01. The summed E-state index contributed by atoms with van der Waals surface area (Å²) < 4.78 is 17.6. The van der Waals surface area contributed by atoms with Crippen molar-refractivity contribution in [2.24, 2.45) is 4.99 Å². The maximum Gasteiger partial charge on any atom is 0.240 e. The number of hydrogen-bond donors (Lipinski definition) is 0. The van der Waals surface area contributed by atoms with Crippen LogP contribution in [0.4, 0.5) is 10.1 Å². The monoisotopic (exact) mass is 167 g/mol. The Kier molecular flexibility index (Phi) is 2.56. The zero-order chi connectivity index (χ0) is 8.97. The fourth-order valence-corrected chi connectivity index (χ4v) is 0.754. The van der Waals surface area contributed by atoms with Gasteiger partial charge in [-0.15, -0.1) is 0 Å². The first-order valence-electron chi connectivity index (χ1n) is 3.19. The van der Waals surface area contributed by atoms with Gasteiger partial charge in [-0.25, -0.2) is 9.18 Å². The number of benzene rings is 1. The smallest absolute Gasteiger partial charge is 0.240 e. The van der Waals surface area contributed by atoms with Crippen molar-refractivity contribution in [3.05, 3.63) is 24.0 Å². The van der Waals surface area contributed by atoms with Gasteiger partial charge in [-0.2, -0.15) is 4.99 Å². The molecule has 0 fully saturated rings. The molecule has 3 nitrogen and oxygen atoms in total. The predicted molar refractivity (Wildman–Crippen MR) is 40.7 cm³/mol. The number of isocyanates is 1. The fraction of sp³-hybridized carbons (Fsp3) is 0.125. The van der Waals surface area contributed by atoms with Crippen LogP contribution in [-0.4, -0.2) is 13.2 Å². The molecule has 62 valence electrons. The van der Waals surface area contributed by atoms with Gasteiger partial charge >= 0.3 is 0 Å². The third-order valence-corrected chi connectivity index (χ3v) is 1.32. The van der Waals surface area contributed by atoms with Crippen LogP contribution < -0.4 is 4.74 Å². The lowest BCUT2D eigenvalue weighted by atomic mass is 10.3. The standard InChI is InChI=1S/C8H6FNO2/c1-12-6-2-3-7(9)8(4-6)10-5-11/h2-4H,1H3. The van der Waals surface area contributed by atoms with Crippen LogP contribution in [-0.2, 0) is 4.79 Å². The highest BCUT2D eigenvalue weighted by atomic mass is 19.1. The third kappa shape index (κ3) is 1.68. The van der Waals surface area contributed by atoms with E-state index in [2.05, 4.69) is 4.99 Å². The number of ether oxygens (including phenoxy) is 1. The van der Waals surface area contributed by atoms with E-state index in [1.165, 1.54) is 31.4 Å². The number of halogens is 1. The molecule has 0 unspecified atom stereocenters. The molecular formula is C8H6FNO2. The van der Waals surface area contributed by atoms with E-state index in [0.29, 0.717) is 5.75 Å². The van der Waals surface area contributed by atoms with Crippen LogP contribution in [0.2, 0.25) is 0 Å². The first-order valence-corrected chi connectivity index (χ1v) is 3.19. The molecule has 0 heterocycles. The van der Waals surface area contributed by atoms with Gasteiger partial charge in [0.15, 0.2) is 0 Å². The largest absolute Gasteiger partial charge is 0.497 e. The first kappa shape index (κ1) is 8.43. The number of rotatable bonds is 2. The summed E-state index contributed by atoms with van der Waals surface area (Å²) in [7, 11) is 1.45. The Labute approximate surface area is 68.5 Å². The molecule has 0 aliphatic heterocycles. The summed E-state index contributed by atoms with van der Waals surface area (Å²) in [5.41, 5.74) is -0.0654. The summed E-state index contributed by atoms with van der Waals surface area (Å²) >= 11 is 0. The molecule has 1 aromatic carbocycles. The molecule has 0 N–H and O–H groups in total. The first-order chi connectivity index (χ1) is 5.77. The van der Waals surface area contributed by atoms with E-state index in [1.54, 1.807) is 0 Å². The maximum atomic E-state index is 12.8. The van der Waals surface area contributed by atoms with Crippen LogP contribution >= 0.6 is 0 Å². The van der Waals surface area contributed by atoms with E-state index >= 15 is 0 Å². The van der Waals surface area contributed by atoms with Gasteiger partial charge in [0.2, 0.25) is 6.08 Å². The Morgan fingerprint density at radius 1 is 1.58 bits per heavy atom. The van der Waals surface area contributed by atoms with Crippen molar-refractivity contribution >= 4 is 11.8 Å². The third-order valence-electron chi connectivity index (χ3n) is 1.32. The van der Waals surface area contributed by atoms with Crippen LogP contribution in [0.1, 0.15) is 0 Å². The Bertz CT molecular complexity index is 332. The van der Waals surface area contributed by atoms with Crippen LogP contribution in [0.25, 0.3) is 0 Å². The van der Waals surface area contributed by atoms with Crippen molar-refractivity contribution in [1.29, 1.82) is 0 Å². The molecular weight excluding hydrogens is 161 g/mol. The SMILES string of the molecule is COc1ccc(F)c(N=C=O)c1. The Morgan fingerprint density at radius 3 is 2.92 bits per heavy atom. The van der Waals surface area contributed by atoms with Crippen LogP contribution in [0.15, 0.2) is 23.2 Å². The summed E-state index contributed by atoms with van der Waals surface area (Å²) in [6.07, 6.45) is 1.26. The van der Waals surface area contributed by atoms with Gasteiger partial charge in [-0.3, -0.25) is 0 Å². The zero-order valence-corrected chi connectivity index (χ0v) is 6.37. The normalized spacial score (nSPS) is 8.83. The highest BCUT2D eigenvalue weighted by molar-refractivity contribution is 5.52. The van der Waals surface area contributed by atoms with Crippen molar-refractivity contribution in [2.75, 3.05) is 7.11 Å². The zero-order valence-electron chi connectivity index (χ0n) is 6.37. The number of methoxy groups -OCH3 is 1. The molecule has 1 rings (SSSR count). The molecule has 0 atom stereocenters. The van der Waals surface area contributed by atoms with Gasteiger partial charge in [0, 0.05) is 6.07 Å². The van der Waals surface area contributed by atoms with Crippen LogP contribution in [0.3, 0.4) is 0 Å². The summed E-state index contributed by atoms with van der Waals surface area (Å²) in [5, 5.41) is 0. The molecule has 0 aliphatic carbocycles. The number of carbonyl (C=O) groups excluding carboxylic acids is 1. The quantitative estimate of drug-likeness (QED) is 0.497. The van der Waals surface area contributed by atoms with E-state index in [9.17, 15) is 9.18 Å². The molecule has 0 saturated carbocycles. The van der Waals surface area contributed by atoms with E-state index in [-0.39, 0.29) is 5.69 Å². The number of aliphatic imine (C=N–C) groups is 1. The van der Waals surface area contributed by atoms with E-state index in [1.807, 2.05) is 0 Å². The fourth-order valence-electron chi connectivity index (χ4n) is 0.754. The molecule has 0 saturated heterocycles. The average molecular weight is 167 g/mol. The lowest BCUT2D eigenvalue weighted by Gasteiger charge is -1.99. The average Bonchev–Trinajstić information content (AvgIpc) is 2.09. The van der Waals surface area contributed by atoms with E-state index in [0.717, 1.165) is 0 Å².